The summed E-state index contributed by atoms with van der Waals surface area (Å²) in [7, 11) is 1.86. The van der Waals surface area contributed by atoms with Crippen LogP contribution in [-0.2, 0) is 6.54 Å². The Kier molecular flexibility index (Phi) is 3.27. The molecule has 0 spiro atoms. The zero-order valence-corrected chi connectivity index (χ0v) is 10.2. The van der Waals surface area contributed by atoms with Crippen molar-refractivity contribution in [3.8, 4) is 0 Å². The highest BCUT2D eigenvalue weighted by Crippen LogP contribution is 2.19. The van der Waals surface area contributed by atoms with Gasteiger partial charge < -0.3 is 15.1 Å². The van der Waals surface area contributed by atoms with Crippen LogP contribution in [0.3, 0.4) is 0 Å². The molecule has 0 aromatic carbocycles. The Hall–Kier alpha value is -2.04. The van der Waals surface area contributed by atoms with Gasteiger partial charge in [0.25, 0.3) is 0 Å². The molecule has 0 atom stereocenters. The molecule has 0 bridgehead atoms. The van der Waals surface area contributed by atoms with E-state index in [1.165, 1.54) is 0 Å². The van der Waals surface area contributed by atoms with E-state index >= 15 is 0 Å². The molecule has 0 aliphatic carbocycles. The van der Waals surface area contributed by atoms with Crippen molar-refractivity contribution in [3.05, 3.63) is 35.5 Å². The maximum absolute atomic E-state index is 5.02. The molecule has 2 rings (SSSR count). The number of hydrogen-bond acceptors (Lipinski definition) is 5. The Balaban J connectivity index is 2.17. The number of aromatic nitrogens is 2. The van der Waals surface area contributed by atoms with Crippen molar-refractivity contribution in [1.82, 2.24) is 9.97 Å². The minimum atomic E-state index is 0.691. The third kappa shape index (κ3) is 2.55. The topological polar surface area (TPSA) is 63.0 Å². The summed E-state index contributed by atoms with van der Waals surface area (Å²) in [6, 6.07) is 1.93. The molecule has 2 N–H and O–H groups in total. The highest BCUT2D eigenvalue weighted by molar-refractivity contribution is 5.56. The summed E-state index contributed by atoms with van der Waals surface area (Å²) in [4.78, 5) is 8.70. The summed E-state index contributed by atoms with van der Waals surface area (Å²) in [5.74, 6) is 2.45. The molecular formula is C12H16N4O. The van der Waals surface area contributed by atoms with Crippen molar-refractivity contribution in [2.75, 3.05) is 17.7 Å². The van der Waals surface area contributed by atoms with E-state index in [0.29, 0.717) is 6.54 Å². The maximum atomic E-state index is 5.02. The van der Waals surface area contributed by atoms with E-state index in [1.54, 1.807) is 12.5 Å². The van der Waals surface area contributed by atoms with Gasteiger partial charge in [-0.1, -0.05) is 0 Å². The molecule has 0 radical (unpaired) electrons. The molecule has 5 heteroatoms. The first kappa shape index (κ1) is 11.4. The van der Waals surface area contributed by atoms with E-state index in [4.69, 9.17) is 4.42 Å². The molecule has 0 unspecified atom stereocenters. The lowest BCUT2D eigenvalue weighted by atomic mass is 10.3. The second kappa shape index (κ2) is 4.86. The van der Waals surface area contributed by atoms with Gasteiger partial charge in [-0.25, -0.2) is 9.97 Å². The fourth-order valence-electron chi connectivity index (χ4n) is 1.62. The van der Waals surface area contributed by atoms with Gasteiger partial charge in [0.2, 0.25) is 0 Å². The molecule has 2 aromatic rings. The van der Waals surface area contributed by atoms with Crippen LogP contribution in [0.2, 0.25) is 0 Å². The second-order valence-corrected chi connectivity index (χ2v) is 3.83. The first-order chi connectivity index (χ1) is 8.20. The largest absolute Gasteiger partial charge is 0.472 e. The van der Waals surface area contributed by atoms with Crippen LogP contribution in [0.1, 0.15) is 17.0 Å². The molecule has 0 amide bonds. The van der Waals surface area contributed by atoms with Crippen LogP contribution in [0.5, 0.6) is 0 Å². The first-order valence-corrected chi connectivity index (χ1v) is 5.48. The molecular weight excluding hydrogens is 216 g/mol. The maximum Gasteiger partial charge on any atom is 0.135 e. The third-order valence-corrected chi connectivity index (χ3v) is 2.53. The van der Waals surface area contributed by atoms with E-state index in [0.717, 1.165) is 28.6 Å². The van der Waals surface area contributed by atoms with Crippen LogP contribution >= 0.6 is 0 Å². The van der Waals surface area contributed by atoms with Gasteiger partial charge in [0.05, 0.1) is 12.5 Å². The molecule has 5 nitrogen and oxygen atoms in total. The molecule has 2 aromatic heterocycles. The predicted octanol–water partition coefficient (Wildman–Crippen LogP) is 2.34. The second-order valence-electron chi connectivity index (χ2n) is 3.83. The smallest absolute Gasteiger partial charge is 0.135 e. The molecule has 0 aliphatic heterocycles. The minimum Gasteiger partial charge on any atom is -0.472 e. The highest BCUT2D eigenvalue weighted by Gasteiger charge is 2.07. The number of hydrogen-bond donors (Lipinski definition) is 2. The summed E-state index contributed by atoms with van der Waals surface area (Å²) < 4.78 is 5.02. The quantitative estimate of drug-likeness (QED) is 0.847. The first-order valence-electron chi connectivity index (χ1n) is 5.48. The zero-order valence-electron chi connectivity index (χ0n) is 10.2. The lowest BCUT2D eigenvalue weighted by Crippen LogP contribution is -2.07. The van der Waals surface area contributed by atoms with Crippen LogP contribution in [0, 0.1) is 13.8 Å². The van der Waals surface area contributed by atoms with Gasteiger partial charge in [-0.15, -0.1) is 0 Å². The Labute approximate surface area is 100 Å². The highest BCUT2D eigenvalue weighted by atomic mass is 16.3. The van der Waals surface area contributed by atoms with Crippen molar-refractivity contribution in [2.45, 2.75) is 20.4 Å². The van der Waals surface area contributed by atoms with Crippen LogP contribution in [-0.4, -0.2) is 17.0 Å². The minimum absolute atomic E-state index is 0.691. The van der Waals surface area contributed by atoms with Gasteiger partial charge in [0.15, 0.2) is 0 Å². The lowest BCUT2D eigenvalue weighted by molar-refractivity contribution is 0.564. The zero-order chi connectivity index (χ0) is 12.3. The number of nitrogens with one attached hydrogen (secondary N) is 2. The fraction of sp³-hybridized carbons (Fsp3) is 0.333. The van der Waals surface area contributed by atoms with E-state index in [9.17, 15) is 0 Å². The van der Waals surface area contributed by atoms with Crippen molar-refractivity contribution in [1.29, 1.82) is 0 Å². The predicted molar refractivity (Wildman–Crippen MR) is 67.1 cm³/mol. The van der Waals surface area contributed by atoms with Gasteiger partial charge in [0.1, 0.15) is 17.5 Å². The summed E-state index contributed by atoms with van der Waals surface area (Å²) >= 11 is 0. The van der Waals surface area contributed by atoms with Crippen molar-refractivity contribution in [3.63, 3.8) is 0 Å². The fourth-order valence-corrected chi connectivity index (χ4v) is 1.62. The Bertz CT molecular complexity index is 493. The molecule has 0 fully saturated rings. The van der Waals surface area contributed by atoms with Gasteiger partial charge in [-0.3, -0.25) is 0 Å². The molecule has 0 aliphatic rings. The van der Waals surface area contributed by atoms with Gasteiger partial charge >= 0.3 is 0 Å². The number of anilines is 2. The standard InChI is InChI=1S/C12H16N4O/c1-8-11(13-3)15-9(2)16-12(8)14-6-10-4-5-17-7-10/h4-5,7H,6H2,1-3H3,(H2,13,14,15,16). The van der Waals surface area contributed by atoms with Crippen LogP contribution in [0.15, 0.2) is 23.0 Å². The van der Waals surface area contributed by atoms with Crippen LogP contribution < -0.4 is 10.6 Å². The monoisotopic (exact) mass is 232 g/mol. The molecule has 0 saturated heterocycles. The van der Waals surface area contributed by atoms with E-state index < -0.39 is 0 Å². The average Bonchev–Trinajstić information content (AvgIpc) is 2.82. The van der Waals surface area contributed by atoms with Crippen LogP contribution in [0.4, 0.5) is 11.6 Å². The van der Waals surface area contributed by atoms with Crippen molar-refractivity contribution in [2.24, 2.45) is 0 Å². The average molecular weight is 232 g/mol. The molecule has 17 heavy (non-hydrogen) atoms. The number of furan rings is 1. The van der Waals surface area contributed by atoms with E-state index in [2.05, 4.69) is 20.6 Å². The van der Waals surface area contributed by atoms with Crippen LogP contribution in [0.25, 0.3) is 0 Å². The molecule has 2 heterocycles. The van der Waals surface area contributed by atoms with Gasteiger partial charge in [-0.05, 0) is 19.9 Å². The summed E-state index contributed by atoms with van der Waals surface area (Å²) in [5.41, 5.74) is 2.10. The van der Waals surface area contributed by atoms with E-state index in [-0.39, 0.29) is 0 Å². The SMILES string of the molecule is CNc1nc(C)nc(NCc2ccoc2)c1C. The number of rotatable bonds is 4. The van der Waals surface area contributed by atoms with Gasteiger partial charge in [0, 0.05) is 24.7 Å². The van der Waals surface area contributed by atoms with Gasteiger partial charge in [-0.2, -0.15) is 0 Å². The summed E-state index contributed by atoms with van der Waals surface area (Å²) in [6.07, 6.45) is 3.38. The Morgan fingerprint density at radius 1 is 1.24 bits per heavy atom. The third-order valence-electron chi connectivity index (χ3n) is 2.53. The van der Waals surface area contributed by atoms with Crippen molar-refractivity contribution >= 4 is 11.6 Å². The summed E-state index contributed by atoms with van der Waals surface area (Å²) in [6.45, 7) is 4.56. The molecule has 0 saturated carbocycles. The Morgan fingerprint density at radius 3 is 2.65 bits per heavy atom. The number of nitrogens with zero attached hydrogens (tertiary/aromatic N) is 2. The summed E-state index contributed by atoms with van der Waals surface area (Å²) in [5, 5.41) is 6.34. The van der Waals surface area contributed by atoms with Crippen molar-refractivity contribution < 1.29 is 4.42 Å². The lowest BCUT2D eigenvalue weighted by Gasteiger charge is -2.11. The molecule has 90 valence electrons. The normalized spacial score (nSPS) is 10.3. The van der Waals surface area contributed by atoms with E-state index in [1.807, 2.05) is 27.0 Å². The Morgan fingerprint density at radius 2 is 2.00 bits per heavy atom. The number of aryl methyl sites for hydroxylation is 1.